The summed E-state index contributed by atoms with van der Waals surface area (Å²) in [7, 11) is 2.09. The number of hydrogen-bond donors (Lipinski definition) is 1. The van der Waals surface area contributed by atoms with E-state index < -0.39 is 0 Å². The van der Waals surface area contributed by atoms with Gasteiger partial charge in [0.05, 0.1) is 5.69 Å². The minimum absolute atomic E-state index is 0.461. The van der Waals surface area contributed by atoms with Gasteiger partial charge in [0, 0.05) is 25.3 Å². The Labute approximate surface area is 117 Å². The fourth-order valence-corrected chi connectivity index (χ4v) is 3.26. The van der Waals surface area contributed by atoms with Gasteiger partial charge < -0.3 is 5.32 Å². The molecule has 1 aromatic heterocycles. The number of aryl methyl sites for hydroxylation is 2. The van der Waals surface area contributed by atoms with Crippen molar-refractivity contribution in [2.45, 2.75) is 65.3 Å². The van der Waals surface area contributed by atoms with Crippen LogP contribution in [0.1, 0.15) is 57.8 Å². The molecule has 1 aliphatic rings. The fraction of sp³-hybridized carbons (Fsp3) is 0.812. The van der Waals surface area contributed by atoms with Crippen molar-refractivity contribution in [3.8, 4) is 0 Å². The summed E-state index contributed by atoms with van der Waals surface area (Å²) in [5.74, 6) is 0. The second kappa shape index (κ2) is 6.08. The lowest BCUT2D eigenvalue weighted by molar-refractivity contribution is 0.263. The molecule has 1 aromatic rings. The van der Waals surface area contributed by atoms with Gasteiger partial charge in [-0.1, -0.05) is 33.6 Å². The Morgan fingerprint density at radius 3 is 2.58 bits per heavy atom. The number of aromatic nitrogens is 2. The van der Waals surface area contributed by atoms with Gasteiger partial charge in [0.1, 0.15) is 0 Å². The van der Waals surface area contributed by atoms with Crippen LogP contribution in [0.2, 0.25) is 0 Å². The summed E-state index contributed by atoms with van der Waals surface area (Å²) in [5.41, 5.74) is 3.09. The van der Waals surface area contributed by atoms with Gasteiger partial charge in [-0.25, -0.2) is 0 Å². The molecule has 1 aliphatic carbocycles. The summed E-state index contributed by atoms with van der Waals surface area (Å²) in [6.07, 6.45) is 7.70. The zero-order valence-electron chi connectivity index (χ0n) is 13.0. The summed E-state index contributed by atoms with van der Waals surface area (Å²) in [6, 6.07) is 2.88. The van der Waals surface area contributed by atoms with Crippen molar-refractivity contribution < 1.29 is 0 Å². The van der Waals surface area contributed by atoms with E-state index in [0.717, 1.165) is 13.0 Å². The van der Waals surface area contributed by atoms with Gasteiger partial charge in [-0.05, 0) is 37.2 Å². The standard InChI is InChI=1S/C16H29N3/c1-5-14-10-15(19(4)18-14)11-16(8-6-7-9-16)12-17-13(2)3/h10,13,17H,5-9,11-12H2,1-4H3. The van der Waals surface area contributed by atoms with Gasteiger partial charge >= 0.3 is 0 Å². The minimum atomic E-state index is 0.461. The number of rotatable bonds is 6. The van der Waals surface area contributed by atoms with Crippen LogP contribution >= 0.6 is 0 Å². The Morgan fingerprint density at radius 2 is 2.05 bits per heavy atom. The van der Waals surface area contributed by atoms with Crippen LogP contribution in [-0.2, 0) is 19.9 Å². The van der Waals surface area contributed by atoms with E-state index in [0.29, 0.717) is 11.5 Å². The van der Waals surface area contributed by atoms with Crippen LogP contribution in [0.25, 0.3) is 0 Å². The average Bonchev–Trinajstić information content (AvgIpc) is 2.96. The Morgan fingerprint density at radius 1 is 1.37 bits per heavy atom. The zero-order valence-corrected chi connectivity index (χ0v) is 13.0. The maximum absolute atomic E-state index is 4.59. The Hall–Kier alpha value is -0.830. The molecular formula is C16H29N3. The highest BCUT2D eigenvalue weighted by atomic mass is 15.3. The second-order valence-electron chi connectivity index (χ2n) is 6.52. The summed E-state index contributed by atoms with van der Waals surface area (Å²) < 4.78 is 2.09. The molecule has 0 radical (unpaired) electrons. The van der Waals surface area contributed by atoms with Gasteiger partial charge in [-0.15, -0.1) is 0 Å². The Kier molecular flexibility index (Phi) is 4.67. The number of hydrogen-bond acceptors (Lipinski definition) is 2. The van der Waals surface area contributed by atoms with Crippen molar-refractivity contribution in [1.29, 1.82) is 0 Å². The molecule has 0 unspecified atom stereocenters. The third-order valence-corrected chi connectivity index (χ3v) is 4.50. The van der Waals surface area contributed by atoms with Crippen molar-refractivity contribution in [2.24, 2.45) is 12.5 Å². The van der Waals surface area contributed by atoms with E-state index in [2.05, 4.69) is 49.0 Å². The van der Waals surface area contributed by atoms with Crippen LogP contribution in [0.3, 0.4) is 0 Å². The zero-order chi connectivity index (χ0) is 13.9. The Balaban J connectivity index is 2.09. The van der Waals surface area contributed by atoms with Gasteiger partial charge in [-0.3, -0.25) is 4.68 Å². The first-order valence-corrected chi connectivity index (χ1v) is 7.80. The predicted molar refractivity (Wildman–Crippen MR) is 80.3 cm³/mol. The molecule has 0 saturated heterocycles. The number of nitrogens with zero attached hydrogens (tertiary/aromatic N) is 2. The van der Waals surface area contributed by atoms with E-state index >= 15 is 0 Å². The molecule has 0 aliphatic heterocycles. The third-order valence-electron chi connectivity index (χ3n) is 4.50. The summed E-state index contributed by atoms with van der Waals surface area (Å²) in [4.78, 5) is 0. The van der Waals surface area contributed by atoms with Crippen molar-refractivity contribution >= 4 is 0 Å². The first-order chi connectivity index (χ1) is 9.04. The topological polar surface area (TPSA) is 29.9 Å². The molecule has 0 amide bonds. The van der Waals surface area contributed by atoms with E-state index in [4.69, 9.17) is 0 Å². The summed E-state index contributed by atoms with van der Waals surface area (Å²) >= 11 is 0. The minimum Gasteiger partial charge on any atom is -0.314 e. The molecular weight excluding hydrogens is 234 g/mol. The van der Waals surface area contributed by atoms with Crippen molar-refractivity contribution in [3.05, 3.63) is 17.5 Å². The maximum atomic E-state index is 4.59. The summed E-state index contributed by atoms with van der Waals surface area (Å²) in [5, 5.41) is 8.25. The lowest BCUT2D eigenvalue weighted by Gasteiger charge is -2.30. The van der Waals surface area contributed by atoms with Crippen LogP contribution in [-0.4, -0.2) is 22.4 Å². The molecule has 19 heavy (non-hydrogen) atoms. The lowest BCUT2D eigenvalue weighted by atomic mass is 9.81. The van der Waals surface area contributed by atoms with Crippen LogP contribution < -0.4 is 5.32 Å². The third kappa shape index (κ3) is 3.59. The normalized spacial score (nSPS) is 18.4. The molecule has 0 aromatic carbocycles. The van der Waals surface area contributed by atoms with E-state index in [1.807, 2.05) is 0 Å². The quantitative estimate of drug-likeness (QED) is 0.855. The first kappa shape index (κ1) is 14.6. The fourth-order valence-electron chi connectivity index (χ4n) is 3.26. The molecule has 0 atom stereocenters. The van der Waals surface area contributed by atoms with Crippen molar-refractivity contribution in [3.63, 3.8) is 0 Å². The lowest BCUT2D eigenvalue weighted by Crippen LogP contribution is -2.37. The van der Waals surface area contributed by atoms with Crippen LogP contribution in [0, 0.1) is 5.41 Å². The molecule has 3 nitrogen and oxygen atoms in total. The Bertz CT molecular complexity index is 400. The van der Waals surface area contributed by atoms with Crippen molar-refractivity contribution in [1.82, 2.24) is 15.1 Å². The van der Waals surface area contributed by atoms with Gasteiger partial charge in [0.15, 0.2) is 0 Å². The molecule has 1 fully saturated rings. The average molecular weight is 263 g/mol. The van der Waals surface area contributed by atoms with E-state index in [9.17, 15) is 0 Å². The maximum Gasteiger partial charge on any atom is 0.0624 e. The van der Waals surface area contributed by atoms with Crippen LogP contribution in [0.15, 0.2) is 6.07 Å². The smallest absolute Gasteiger partial charge is 0.0624 e. The monoisotopic (exact) mass is 263 g/mol. The van der Waals surface area contributed by atoms with E-state index in [1.54, 1.807) is 0 Å². The predicted octanol–water partition coefficient (Wildman–Crippen LogP) is 3.08. The van der Waals surface area contributed by atoms with Crippen molar-refractivity contribution in [2.75, 3.05) is 6.54 Å². The molecule has 0 bridgehead atoms. The second-order valence-corrected chi connectivity index (χ2v) is 6.52. The molecule has 1 heterocycles. The molecule has 0 spiro atoms. The molecule has 1 N–H and O–H groups in total. The number of nitrogens with one attached hydrogen (secondary N) is 1. The van der Waals surface area contributed by atoms with Gasteiger partial charge in [0.2, 0.25) is 0 Å². The molecule has 108 valence electrons. The first-order valence-electron chi connectivity index (χ1n) is 7.80. The summed E-state index contributed by atoms with van der Waals surface area (Å²) in [6.45, 7) is 7.80. The highest BCUT2D eigenvalue weighted by Crippen LogP contribution is 2.40. The largest absolute Gasteiger partial charge is 0.314 e. The molecule has 2 rings (SSSR count). The van der Waals surface area contributed by atoms with Gasteiger partial charge in [0.25, 0.3) is 0 Å². The highest BCUT2D eigenvalue weighted by Gasteiger charge is 2.34. The van der Waals surface area contributed by atoms with E-state index in [-0.39, 0.29) is 0 Å². The van der Waals surface area contributed by atoms with E-state index in [1.165, 1.54) is 43.5 Å². The molecule has 3 heteroatoms. The molecule has 1 saturated carbocycles. The van der Waals surface area contributed by atoms with Gasteiger partial charge in [-0.2, -0.15) is 5.10 Å². The SMILES string of the molecule is CCc1cc(CC2(CNC(C)C)CCCC2)n(C)n1. The highest BCUT2D eigenvalue weighted by molar-refractivity contribution is 5.13. The van der Waals surface area contributed by atoms with Crippen LogP contribution in [0.4, 0.5) is 0 Å². The van der Waals surface area contributed by atoms with Crippen LogP contribution in [0.5, 0.6) is 0 Å².